The number of nitrogens with zero attached hydrogens (tertiary/aromatic N) is 3. The highest BCUT2D eigenvalue weighted by Gasteiger charge is 2.61. The van der Waals surface area contributed by atoms with Gasteiger partial charge in [0.15, 0.2) is 6.10 Å². The highest BCUT2D eigenvalue weighted by Crippen LogP contribution is 2.51. The second-order valence-corrected chi connectivity index (χ2v) is 10.8. The van der Waals surface area contributed by atoms with Crippen molar-refractivity contribution in [2.45, 2.75) is 37.8 Å². The van der Waals surface area contributed by atoms with Crippen molar-refractivity contribution in [2.75, 3.05) is 9.96 Å². The summed E-state index contributed by atoms with van der Waals surface area (Å²) in [6, 6.07) is 16.0. The summed E-state index contributed by atoms with van der Waals surface area (Å²) in [5.74, 6) is -1.67. The number of halogens is 2. The van der Waals surface area contributed by atoms with Crippen molar-refractivity contribution in [2.24, 2.45) is 5.92 Å². The number of carbonyl (C=O) groups is 2. The van der Waals surface area contributed by atoms with Gasteiger partial charge in [0, 0.05) is 14.9 Å². The molecule has 1 aliphatic carbocycles. The molecule has 6 nitrogen and oxygen atoms in total. The number of hydroxylamine groups is 1. The first kappa shape index (κ1) is 22.6. The lowest BCUT2D eigenvalue weighted by Crippen LogP contribution is -2.37. The summed E-state index contributed by atoms with van der Waals surface area (Å²) in [4.78, 5) is 36.1. The first-order chi connectivity index (χ1) is 17.0. The van der Waals surface area contributed by atoms with Crippen LogP contribution in [0.5, 0.6) is 0 Å². The van der Waals surface area contributed by atoms with E-state index in [0.29, 0.717) is 31.9 Å². The first-order valence-corrected chi connectivity index (χ1v) is 12.9. The molecular formula is C26H19Cl2N3O3S. The summed E-state index contributed by atoms with van der Waals surface area (Å²) >= 11 is 14.1. The van der Waals surface area contributed by atoms with Crippen LogP contribution in [0.15, 0.2) is 48.5 Å². The van der Waals surface area contributed by atoms with Crippen LogP contribution in [0, 0.1) is 17.2 Å². The van der Waals surface area contributed by atoms with E-state index >= 15 is 0 Å². The Labute approximate surface area is 216 Å². The number of imide groups is 1. The van der Waals surface area contributed by atoms with Gasteiger partial charge in [-0.2, -0.15) is 5.26 Å². The molecule has 0 spiro atoms. The van der Waals surface area contributed by atoms with Gasteiger partial charge in [-0.25, -0.2) is 9.96 Å². The van der Waals surface area contributed by atoms with Crippen LogP contribution in [0.1, 0.15) is 40.5 Å². The molecule has 3 aliphatic rings. The molecule has 0 radical (unpaired) electrons. The van der Waals surface area contributed by atoms with Gasteiger partial charge in [-0.1, -0.05) is 47.5 Å². The van der Waals surface area contributed by atoms with Gasteiger partial charge in [0.1, 0.15) is 17.0 Å². The zero-order valence-corrected chi connectivity index (χ0v) is 20.7. The molecule has 3 unspecified atom stereocenters. The quantitative estimate of drug-likeness (QED) is 0.402. The Balaban J connectivity index is 1.46. The number of benzene rings is 2. The molecule has 2 amide bonds. The summed E-state index contributed by atoms with van der Waals surface area (Å²) in [6.07, 6.45) is 2.66. The molecule has 0 bridgehead atoms. The predicted molar refractivity (Wildman–Crippen MR) is 135 cm³/mol. The van der Waals surface area contributed by atoms with Gasteiger partial charge < -0.3 is 0 Å². The van der Waals surface area contributed by atoms with Crippen LogP contribution in [0.3, 0.4) is 0 Å². The van der Waals surface area contributed by atoms with Crippen molar-refractivity contribution in [3.8, 4) is 6.07 Å². The number of aryl methyl sites for hydroxylation is 1. The Morgan fingerprint density at radius 2 is 1.80 bits per heavy atom. The van der Waals surface area contributed by atoms with Crippen LogP contribution >= 0.6 is 34.5 Å². The van der Waals surface area contributed by atoms with E-state index < -0.39 is 24.0 Å². The van der Waals surface area contributed by atoms with Crippen molar-refractivity contribution < 1.29 is 14.4 Å². The Morgan fingerprint density at radius 3 is 2.54 bits per heavy atom. The van der Waals surface area contributed by atoms with Crippen LogP contribution in [0.2, 0.25) is 10.0 Å². The molecular weight excluding hydrogens is 505 g/mol. The Bertz CT molecular complexity index is 1400. The van der Waals surface area contributed by atoms with E-state index in [0.717, 1.165) is 36.1 Å². The minimum absolute atomic E-state index is 0.385. The van der Waals surface area contributed by atoms with Crippen molar-refractivity contribution in [1.29, 1.82) is 5.26 Å². The summed E-state index contributed by atoms with van der Waals surface area (Å²) in [6.45, 7) is 0. The van der Waals surface area contributed by atoms with Gasteiger partial charge in [0.2, 0.25) is 5.91 Å². The van der Waals surface area contributed by atoms with E-state index in [4.69, 9.17) is 28.0 Å². The van der Waals surface area contributed by atoms with Crippen molar-refractivity contribution in [3.05, 3.63) is 80.1 Å². The van der Waals surface area contributed by atoms with E-state index in [1.54, 1.807) is 23.3 Å². The molecule has 3 atom stereocenters. The number of fused-ring (bicyclic) bond motifs is 2. The highest BCUT2D eigenvalue weighted by atomic mass is 35.5. The second kappa shape index (κ2) is 8.65. The molecule has 35 heavy (non-hydrogen) atoms. The van der Waals surface area contributed by atoms with E-state index in [9.17, 15) is 14.9 Å². The van der Waals surface area contributed by atoms with Gasteiger partial charge in [0.25, 0.3) is 5.91 Å². The molecule has 6 rings (SSSR count). The summed E-state index contributed by atoms with van der Waals surface area (Å²) in [5, 5.41) is 12.8. The lowest BCUT2D eigenvalue weighted by atomic mass is 9.90. The van der Waals surface area contributed by atoms with Crippen LogP contribution in [-0.2, 0) is 27.3 Å². The molecule has 0 N–H and O–H groups in total. The van der Waals surface area contributed by atoms with Crippen LogP contribution in [0.25, 0.3) is 0 Å². The normalized spacial score (nSPS) is 23.4. The molecule has 1 aromatic heterocycles. The molecule has 176 valence electrons. The maximum absolute atomic E-state index is 13.9. The minimum atomic E-state index is -1.02. The van der Waals surface area contributed by atoms with Gasteiger partial charge in [-0.3, -0.25) is 14.4 Å². The third kappa shape index (κ3) is 3.47. The number of amides is 2. The SMILES string of the molecule is N#Cc1c(N2C(=O)C3ON(c4ccccc4)C(c4ccc(Cl)cc4Cl)C3C2=O)sc2c1CCCC2. The Hall–Kier alpha value is -2.89. The fourth-order valence-corrected chi connectivity index (χ4v) is 7.16. The van der Waals surface area contributed by atoms with Crippen molar-refractivity contribution >= 4 is 57.0 Å². The Kier molecular flexibility index (Phi) is 5.58. The van der Waals surface area contributed by atoms with Gasteiger partial charge in [-0.05, 0) is 61.1 Å². The van der Waals surface area contributed by atoms with Crippen molar-refractivity contribution in [1.82, 2.24) is 0 Å². The van der Waals surface area contributed by atoms with Crippen LogP contribution in [-0.4, -0.2) is 17.9 Å². The fourth-order valence-electron chi connectivity index (χ4n) is 5.29. The average molecular weight is 524 g/mol. The molecule has 2 fully saturated rings. The van der Waals surface area contributed by atoms with Gasteiger partial charge in [-0.15, -0.1) is 11.3 Å². The molecule has 3 heterocycles. The molecule has 0 saturated carbocycles. The van der Waals surface area contributed by atoms with E-state index in [2.05, 4.69) is 6.07 Å². The number of thiophene rings is 1. The van der Waals surface area contributed by atoms with Gasteiger partial charge >= 0.3 is 0 Å². The standard InChI is InChI=1S/C26H19Cl2N3O3S/c27-14-10-11-17(19(28)12-14)22-21-23(34-31(22)15-6-2-1-3-7-15)25(33)30(24(21)32)26-18(13-29)16-8-4-5-9-20(16)35-26/h1-3,6-7,10-12,21-23H,4-5,8-9H2. The fraction of sp³-hybridized carbons (Fsp3) is 0.269. The maximum Gasteiger partial charge on any atom is 0.267 e. The third-order valence-electron chi connectivity index (χ3n) is 6.87. The topological polar surface area (TPSA) is 73.6 Å². The summed E-state index contributed by atoms with van der Waals surface area (Å²) in [7, 11) is 0. The number of rotatable bonds is 3. The molecule has 3 aromatic rings. The summed E-state index contributed by atoms with van der Waals surface area (Å²) < 4.78 is 0. The zero-order valence-electron chi connectivity index (χ0n) is 18.4. The largest absolute Gasteiger partial charge is 0.273 e. The number of nitriles is 1. The monoisotopic (exact) mass is 523 g/mol. The van der Waals surface area contributed by atoms with Crippen LogP contribution in [0.4, 0.5) is 10.7 Å². The number of carbonyl (C=O) groups excluding carboxylic acids is 2. The number of para-hydroxylation sites is 1. The highest BCUT2D eigenvalue weighted by molar-refractivity contribution is 7.17. The third-order valence-corrected chi connectivity index (χ3v) is 8.71. The smallest absolute Gasteiger partial charge is 0.267 e. The molecule has 2 saturated heterocycles. The average Bonchev–Trinajstić information content (AvgIpc) is 3.50. The van der Waals surface area contributed by atoms with Gasteiger partial charge in [0.05, 0.1) is 17.3 Å². The van der Waals surface area contributed by atoms with E-state index in [-0.39, 0.29) is 5.91 Å². The lowest BCUT2D eigenvalue weighted by Gasteiger charge is -2.29. The maximum atomic E-state index is 13.9. The Morgan fingerprint density at radius 1 is 1.03 bits per heavy atom. The molecule has 2 aliphatic heterocycles. The molecule has 9 heteroatoms. The number of hydrogen-bond acceptors (Lipinski definition) is 6. The van der Waals surface area contributed by atoms with E-state index in [1.165, 1.54) is 16.2 Å². The lowest BCUT2D eigenvalue weighted by molar-refractivity contribution is -0.126. The number of anilines is 2. The zero-order chi connectivity index (χ0) is 24.3. The molecule has 2 aromatic carbocycles. The second-order valence-electron chi connectivity index (χ2n) is 8.84. The first-order valence-electron chi connectivity index (χ1n) is 11.4. The predicted octanol–water partition coefficient (Wildman–Crippen LogP) is 5.86. The summed E-state index contributed by atoms with van der Waals surface area (Å²) in [5.41, 5.74) is 2.75. The number of hydrogen-bond donors (Lipinski definition) is 0. The van der Waals surface area contributed by atoms with Crippen molar-refractivity contribution in [3.63, 3.8) is 0 Å². The van der Waals surface area contributed by atoms with E-state index in [1.807, 2.05) is 30.3 Å². The minimum Gasteiger partial charge on any atom is -0.273 e. The van der Waals surface area contributed by atoms with Crippen LogP contribution < -0.4 is 9.96 Å².